The number of amides is 1. The van der Waals surface area contributed by atoms with Gasteiger partial charge in [0.15, 0.2) is 5.78 Å². The van der Waals surface area contributed by atoms with Gasteiger partial charge in [-0.1, -0.05) is 20.3 Å². The second kappa shape index (κ2) is 12.6. The Morgan fingerprint density at radius 2 is 1.79 bits per heavy atom. The van der Waals surface area contributed by atoms with Gasteiger partial charge in [-0.25, -0.2) is 4.39 Å². The molecule has 11 nitrogen and oxygen atoms in total. The number of ether oxygens (including phenoxy) is 1. The number of rotatable bonds is 6. The minimum atomic E-state index is -4.80. The van der Waals surface area contributed by atoms with E-state index in [0.29, 0.717) is 19.1 Å². The molecular formula is C27H34F4N4O7S. The number of esters is 1. The molecule has 2 aromatic rings. The standard InChI is InChI=1S/C26H30F4N4O4.CH4O3S/c1-25(2)9-18-22(19(35)10-25)14(26(28,29)30)12-34(18)13-7-15(27)23(24(32)37)17(8-13)33-16-5-3-4-6-20(16)38-21(36)11-31;1-5(2,3)4/h7-8,12,16,20,33H,3-6,9-11,31H2,1-2H3,(H2,32,37);1H3,(H,2,3,4). The summed E-state index contributed by atoms with van der Waals surface area (Å²) in [5.41, 5.74) is 8.25. The summed E-state index contributed by atoms with van der Waals surface area (Å²) in [5, 5.41) is 3.04. The number of primary amides is 1. The van der Waals surface area contributed by atoms with Gasteiger partial charge in [0.05, 0.1) is 46.9 Å². The molecule has 1 amide bonds. The number of benzene rings is 1. The second-order valence-electron chi connectivity index (χ2n) is 11.4. The van der Waals surface area contributed by atoms with Crippen molar-refractivity contribution >= 4 is 33.5 Å². The van der Waals surface area contributed by atoms with Gasteiger partial charge in [-0.3, -0.25) is 18.9 Å². The van der Waals surface area contributed by atoms with Gasteiger partial charge in [0.2, 0.25) is 0 Å². The molecule has 1 saturated carbocycles. The number of ketones is 1. The Morgan fingerprint density at radius 1 is 1.19 bits per heavy atom. The number of carbonyl (C=O) groups excluding carboxylic acids is 3. The monoisotopic (exact) mass is 634 g/mol. The Morgan fingerprint density at radius 3 is 2.35 bits per heavy atom. The van der Waals surface area contributed by atoms with Crippen LogP contribution in [0.25, 0.3) is 5.69 Å². The summed E-state index contributed by atoms with van der Waals surface area (Å²) in [5.74, 6) is -3.38. The largest absolute Gasteiger partial charge is 0.459 e. The summed E-state index contributed by atoms with van der Waals surface area (Å²) in [6.07, 6.45) is -1.25. The Labute approximate surface area is 245 Å². The number of alkyl halides is 3. The van der Waals surface area contributed by atoms with Gasteiger partial charge in [0.25, 0.3) is 16.0 Å². The summed E-state index contributed by atoms with van der Waals surface area (Å²) in [6.45, 7) is 3.22. The molecule has 0 saturated heterocycles. The van der Waals surface area contributed by atoms with Crippen molar-refractivity contribution in [2.75, 3.05) is 18.1 Å². The van der Waals surface area contributed by atoms with Crippen molar-refractivity contribution in [2.24, 2.45) is 16.9 Å². The third kappa shape index (κ3) is 8.54. The zero-order valence-electron chi connectivity index (χ0n) is 23.8. The van der Waals surface area contributed by atoms with Gasteiger partial charge in [-0.2, -0.15) is 21.6 Å². The van der Waals surface area contributed by atoms with Gasteiger partial charge in [0, 0.05) is 18.3 Å². The van der Waals surface area contributed by atoms with E-state index in [4.69, 9.17) is 20.8 Å². The van der Waals surface area contributed by atoms with Crippen LogP contribution >= 0.6 is 0 Å². The highest BCUT2D eigenvalue weighted by atomic mass is 32.2. The molecular weight excluding hydrogens is 600 g/mol. The summed E-state index contributed by atoms with van der Waals surface area (Å²) in [6, 6.07) is 1.73. The van der Waals surface area contributed by atoms with Crippen LogP contribution in [0, 0.1) is 11.2 Å². The number of nitrogens with two attached hydrogens (primary N) is 2. The molecule has 1 heterocycles. The number of anilines is 1. The van der Waals surface area contributed by atoms with Crippen molar-refractivity contribution in [3.8, 4) is 5.69 Å². The number of hydrogen-bond acceptors (Lipinski definition) is 8. The van der Waals surface area contributed by atoms with Gasteiger partial charge in [-0.15, -0.1) is 0 Å². The lowest BCUT2D eigenvalue weighted by Gasteiger charge is -2.33. The Bertz CT molecular complexity index is 1510. The molecule has 2 atom stereocenters. The Balaban J connectivity index is 0.000000934. The van der Waals surface area contributed by atoms with Crippen LogP contribution in [-0.2, 0) is 32.2 Å². The highest BCUT2D eigenvalue weighted by Gasteiger charge is 2.44. The molecule has 1 fully saturated rings. The Hall–Kier alpha value is -3.50. The predicted octanol–water partition coefficient (Wildman–Crippen LogP) is 3.62. The summed E-state index contributed by atoms with van der Waals surface area (Å²) in [7, 11) is -3.67. The number of nitrogens with zero attached hydrogens (tertiary/aromatic N) is 1. The van der Waals surface area contributed by atoms with E-state index < -0.39 is 74.0 Å². The van der Waals surface area contributed by atoms with E-state index in [1.54, 1.807) is 13.8 Å². The van der Waals surface area contributed by atoms with Crippen LogP contribution in [-0.4, -0.2) is 60.1 Å². The fourth-order valence-electron chi connectivity index (χ4n) is 5.43. The fourth-order valence-corrected chi connectivity index (χ4v) is 5.43. The van der Waals surface area contributed by atoms with E-state index in [1.807, 2.05) is 0 Å². The number of carbonyl (C=O) groups is 3. The van der Waals surface area contributed by atoms with E-state index in [2.05, 4.69) is 5.32 Å². The molecule has 2 aliphatic rings. The van der Waals surface area contributed by atoms with E-state index in [-0.39, 0.29) is 36.5 Å². The first-order chi connectivity index (χ1) is 19.7. The normalized spacial score (nSPS) is 20.0. The van der Waals surface area contributed by atoms with Crippen LogP contribution in [0.2, 0.25) is 0 Å². The summed E-state index contributed by atoms with van der Waals surface area (Å²) < 4.78 is 89.5. The van der Waals surface area contributed by atoms with E-state index in [1.165, 1.54) is 6.07 Å². The van der Waals surface area contributed by atoms with Crippen LogP contribution in [0.1, 0.15) is 77.9 Å². The maximum atomic E-state index is 15.3. The van der Waals surface area contributed by atoms with Gasteiger partial charge in [-0.05, 0) is 43.2 Å². The first-order valence-electron chi connectivity index (χ1n) is 13.3. The van der Waals surface area contributed by atoms with Gasteiger partial charge < -0.3 is 26.1 Å². The lowest BCUT2D eigenvalue weighted by Crippen LogP contribution is -2.41. The zero-order valence-corrected chi connectivity index (χ0v) is 24.6. The molecule has 0 spiro atoms. The molecule has 43 heavy (non-hydrogen) atoms. The predicted molar refractivity (Wildman–Crippen MR) is 148 cm³/mol. The van der Waals surface area contributed by atoms with E-state index >= 15 is 4.39 Å². The van der Waals surface area contributed by atoms with Crippen molar-refractivity contribution in [1.82, 2.24) is 4.57 Å². The summed E-state index contributed by atoms with van der Waals surface area (Å²) in [4.78, 5) is 36.8. The lowest BCUT2D eigenvalue weighted by atomic mass is 9.75. The number of aromatic nitrogens is 1. The minimum Gasteiger partial charge on any atom is -0.459 e. The fraction of sp³-hybridized carbons (Fsp3) is 0.519. The Kier molecular flexibility index (Phi) is 9.98. The van der Waals surface area contributed by atoms with Gasteiger partial charge in [0.1, 0.15) is 11.9 Å². The van der Waals surface area contributed by atoms with Crippen LogP contribution in [0.3, 0.4) is 0 Å². The first kappa shape index (κ1) is 34.0. The molecule has 1 aromatic carbocycles. The third-order valence-corrected chi connectivity index (χ3v) is 7.07. The van der Waals surface area contributed by atoms with E-state index in [9.17, 15) is 36.0 Å². The van der Waals surface area contributed by atoms with Crippen LogP contribution < -0.4 is 16.8 Å². The van der Waals surface area contributed by atoms with Crippen molar-refractivity contribution in [1.29, 1.82) is 0 Å². The number of fused-ring (bicyclic) bond motifs is 1. The molecule has 2 unspecified atom stereocenters. The van der Waals surface area contributed by atoms with Crippen LogP contribution in [0.4, 0.5) is 23.2 Å². The van der Waals surface area contributed by atoms with Crippen molar-refractivity contribution < 1.29 is 49.7 Å². The number of hydrogen-bond donors (Lipinski definition) is 4. The topological polar surface area (TPSA) is 184 Å². The third-order valence-electron chi connectivity index (χ3n) is 7.07. The number of Topliss-reactive ketones (excluding diaryl/α,β-unsaturated/α-hetero) is 1. The molecule has 16 heteroatoms. The van der Waals surface area contributed by atoms with Crippen molar-refractivity contribution in [2.45, 2.75) is 70.7 Å². The molecule has 1 aromatic heterocycles. The van der Waals surface area contributed by atoms with Crippen LogP contribution in [0.5, 0.6) is 0 Å². The molecule has 2 aliphatic carbocycles. The molecule has 6 N–H and O–H groups in total. The number of halogens is 4. The van der Waals surface area contributed by atoms with E-state index in [0.717, 1.165) is 29.7 Å². The minimum absolute atomic E-state index is 0.0152. The SMILES string of the molecule is CC1(C)CC(=O)c2c(C(F)(F)F)cn(-c3cc(F)c(C(N)=O)c(NC4CCCCC4OC(=O)CN)c3)c2C1.CS(=O)(=O)O. The average molecular weight is 635 g/mol. The highest BCUT2D eigenvalue weighted by Crippen LogP contribution is 2.43. The second-order valence-corrected chi connectivity index (χ2v) is 12.9. The van der Waals surface area contributed by atoms with Crippen molar-refractivity contribution in [3.05, 3.63) is 46.5 Å². The molecule has 0 aliphatic heterocycles. The molecule has 4 rings (SSSR count). The molecule has 238 valence electrons. The van der Waals surface area contributed by atoms with Gasteiger partial charge >= 0.3 is 12.1 Å². The maximum absolute atomic E-state index is 15.3. The molecule has 0 bridgehead atoms. The highest BCUT2D eigenvalue weighted by molar-refractivity contribution is 7.85. The molecule has 0 radical (unpaired) electrons. The summed E-state index contributed by atoms with van der Waals surface area (Å²) >= 11 is 0. The smallest absolute Gasteiger partial charge is 0.418 e. The average Bonchev–Trinajstić information content (AvgIpc) is 3.23. The lowest BCUT2D eigenvalue weighted by molar-refractivity contribution is -0.149. The number of nitrogens with one attached hydrogen (secondary N) is 1. The van der Waals surface area contributed by atoms with Crippen molar-refractivity contribution in [3.63, 3.8) is 0 Å². The first-order valence-corrected chi connectivity index (χ1v) is 15.1. The quantitative estimate of drug-likeness (QED) is 0.209. The van der Waals surface area contributed by atoms with Crippen LogP contribution in [0.15, 0.2) is 18.3 Å². The zero-order chi connectivity index (χ0) is 32.5. The maximum Gasteiger partial charge on any atom is 0.418 e.